The second kappa shape index (κ2) is 9.49. The van der Waals surface area contributed by atoms with Gasteiger partial charge >= 0.3 is 5.97 Å². The Morgan fingerprint density at radius 3 is 2.35 bits per heavy atom. The summed E-state index contributed by atoms with van der Waals surface area (Å²) in [5, 5.41) is 13.8. The number of non-ortho nitro benzene ring substituents is 1. The standard InChI is InChI=1S/C22H19N3O6/c1-31-22(28)18-10-17(11-19(12-18)25(29)30)21(27)23-13-15-5-7-16(8-6-15)14-24-9-3-2-4-20(24)26/h2-12H,13-14H2,1H3,(H,23,27). The molecule has 1 heterocycles. The SMILES string of the molecule is COC(=O)c1cc(C(=O)NCc2ccc(Cn3ccccc3=O)cc2)cc([N+](=O)[O-])c1. The molecule has 0 spiro atoms. The number of amides is 1. The third-order valence-corrected chi connectivity index (χ3v) is 4.54. The Bertz CT molecular complexity index is 1180. The van der Waals surface area contributed by atoms with E-state index in [0.717, 1.165) is 30.4 Å². The molecular formula is C22H19N3O6. The van der Waals surface area contributed by atoms with Crippen LogP contribution in [0.2, 0.25) is 0 Å². The van der Waals surface area contributed by atoms with Crippen LogP contribution in [0.3, 0.4) is 0 Å². The smallest absolute Gasteiger partial charge is 0.338 e. The number of nitrogens with one attached hydrogen (secondary N) is 1. The van der Waals surface area contributed by atoms with Crippen molar-refractivity contribution in [2.24, 2.45) is 0 Å². The quantitative estimate of drug-likeness (QED) is 0.356. The zero-order chi connectivity index (χ0) is 22.4. The van der Waals surface area contributed by atoms with Gasteiger partial charge in [0.25, 0.3) is 17.2 Å². The van der Waals surface area contributed by atoms with Gasteiger partial charge in [0.1, 0.15) is 0 Å². The third kappa shape index (κ3) is 5.41. The minimum atomic E-state index is -0.772. The van der Waals surface area contributed by atoms with Gasteiger partial charge in [0.15, 0.2) is 0 Å². The topological polar surface area (TPSA) is 121 Å². The maximum atomic E-state index is 12.5. The van der Waals surface area contributed by atoms with Crippen LogP contribution < -0.4 is 10.9 Å². The van der Waals surface area contributed by atoms with Crippen molar-refractivity contribution in [2.45, 2.75) is 13.1 Å². The number of aromatic nitrogens is 1. The Balaban J connectivity index is 1.68. The Morgan fingerprint density at radius 1 is 1.03 bits per heavy atom. The summed E-state index contributed by atoms with van der Waals surface area (Å²) >= 11 is 0. The molecule has 0 atom stereocenters. The Kier molecular flexibility index (Phi) is 6.56. The predicted molar refractivity (Wildman–Crippen MR) is 112 cm³/mol. The highest BCUT2D eigenvalue weighted by molar-refractivity contribution is 5.98. The Morgan fingerprint density at radius 2 is 1.71 bits per heavy atom. The van der Waals surface area contributed by atoms with E-state index in [1.807, 2.05) is 24.3 Å². The zero-order valence-electron chi connectivity index (χ0n) is 16.6. The molecule has 3 aromatic rings. The molecule has 0 bridgehead atoms. The van der Waals surface area contributed by atoms with E-state index in [1.54, 1.807) is 22.9 Å². The first-order valence-electron chi connectivity index (χ1n) is 9.26. The highest BCUT2D eigenvalue weighted by Gasteiger charge is 2.18. The second-order valence-corrected chi connectivity index (χ2v) is 6.68. The number of nitro groups is 1. The lowest BCUT2D eigenvalue weighted by Crippen LogP contribution is -2.23. The predicted octanol–water partition coefficient (Wildman–Crippen LogP) is 2.52. The normalized spacial score (nSPS) is 10.4. The first-order valence-corrected chi connectivity index (χ1v) is 9.26. The van der Waals surface area contributed by atoms with Crippen molar-refractivity contribution < 1.29 is 19.2 Å². The number of carbonyl (C=O) groups is 2. The molecule has 0 aliphatic carbocycles. The fourth-order valence-electron chi connectivity index (χ4n) is 2.92. The first-order chi connectivity index (χ1) is 14.9. The van der Waals surface area contributed by atoms with Crippen LogP contribution in [0.15, 0.2) is 71.7 Å². The van der Waals surface area contributed by atoms with Gasteiger partial charge in [0.2, 0.25) is 0 Å². The van der Waals surface area contributed by atoms with Crippen LogP contribution in [-0.4, -0.2) is 28.5 Å². The minimum absolute atomic E-state index is 0.0188. The number of nitrogens with zero attached hydrogens (tertiary/aromatic N) is 2. The van der Waals surface area contributed by atoms with Crippen LogP contribution in [0.25, 0.3) is 0 Å². The number of hydrogen-bond acceptors (Lipinski definition) is 6. The summed E-state index contributed by atoms with van der Waals surface area (Å²) < 4.78 is 6.16. The van der Waals surface area contributed by atoms with Crippen molar-refractivity contribution in [3.05, 3.63) is 110 Å². The minimum Gasteiger partial charge on any atom is -0.465 e. The van der Waals surface area contributed by atoms with Crippen LogP contribution in [0.4, 0.5) is 5.69 Å². The number of pyridine rings is 1. The van der Waals surface area contributed by atoms with Crippen molar-refractivity contribution >= 4 is 17.6 Å². The van der Waals surface area contributed by atoms with E-state index in [4.69, 9.17) is 0 Å². The molecule has 1 N–H and O–H groups in total. The van der Waals surface area contributed by atoms with Crippen molar-refractivity contribution in [1.82, 2.24) is 9.88 Å². The third-order valence-electron chi connectivity index (χ3n) is 4.54. The summed E-state index contributed by atoms with van der Waals surface area (Å²) in [6, 6.07) is 15.7. The lowest BCUT2D eigenvalue weighted by atomic mass is 10.1. The molecule has 1 amide bonds. The van der Waals surface area contributed by atoms with E-state index in [0.29, 0.717) is 6.54 Å². The van der Waals surface area contributed by atoms with E-state index >= 15 is 0 Å². The zero-order valence-corrected chi connectivity index (χ0v) is 16.6. The van der Waals surface area contributed by atoms with Crippen molar-refractivity contribution in [1.29, 1.82) is 0 Å². The lowest BCUT2D eigenvalue weighted by molar-refractivity contribution is -0.384. The lowest BCUT2D eigenvalue weighted by Gasteiger charge is -2.09. The largest absolute Gasteiger partial charge is 0.465 e. The van der Waals surface area contributed by atoms with Crippen LogP contribution >= 0.6 is 0 Å². The molecule has 0 fully saturated rings. The van der Waals surface area contributed by atoms with Gasteiger partial charge in [-0.2, -0.15) is 0 Å². The van der Waals surface area contributed by atoms with Crippen LogP contribution in [0.5, 0.6) is 0 Å². The Labute approximate surface area is 177 Å². The molecular weight excluding hydrogens is 402 g/mol. The number of methoxy groups -OCH3 is 1. The number of nitro benzene ring substituents is 1. The summed E-state index contributed by atoms with van der Waals surface area (Å²) in [4.78, 5) is 46.4. The molecule has 0 aliphatic rings. The van der Waals surface area contributed by atoms with E-state index < -0.39 is 16.8 Å². The van der Waals surface area contributed by atoms with Crippen LogP contribution in [0, 0.1) is 10.1 Å². The van der Waals surface area contributed by atoms with Crippen LogP contribution in [-0.2, 0) is 17.8 Å². The van der Waals surface area contributed by atoms with Crippen LogP contribution in [0.1, 0.15) is 31.8 Å². The van der Waals surface area contributed by atoms with E-state index in [2.05, 4.69) is 10.1 Å². The molecule has 0 radical (unpaired) electrons. The average molecular weight is 421 g/mol. The van der Waals surface area contributed by atoms with Gasteiger partial charge in [-0.15, -0.1) is 0 Å². The first kappa shape index (κ1) is 21.4. The fourth-order valence-corrected chi connectivity index (χ4v) is 2.92. The number of ether oxygens (including phenoxy) is 1. The summed E-state index contributed by atoms with van der Waals surface area (Å²) in [5.74, 6) is -1.33. The molecule has 2 aromatic carbocycles. The fraction of sp³-hybridized carbons (Fsp3) is 0.136. The van der Waals surface area contributed by atoms with Crippen molar-refractivity contribution in [2.75, 3.05) is 7.11 Å². The maximum absolute atomic E-state index is 12.5. The molecule has 158 valence electrons. The molecule has 0 saturated heterocycles. The molecule has 0 aliphatic heterocycles. The number of benzene rings is 2. The second-order valence-electron chi connectivity index (χ2n) is 6.68. The molecule has 0 unspecified atom stereocenters. The monoisotopic (exact) mass is 421 g/mol. The molecule has 3 rings (SSSR count). The molecule has 1 aromatic heterocycles. The summed E-state index contributed by atoms with van der Waals surface area (Å²) in [6.07, 6.45) is 1.71. The summed E-state index contributed by atoms with van der Waals surface area (Å²) in [7, 11) is 1.15. The Hall–Kier alpha value is -4.27. The molecule has 9 heteroatoms. The highest BCUT2D eigenvalue weighted by atomic mass is 16.6. The van der Waals surface area contributed by atoms with Crippen molar-refractivity contribution in [3.8, 4) is 0 Å². The van der Waals surface area contributed by atoms with Gasteiger partial charge in [-0.05, 0) is 23.3 Å². The van der Waals surface area contributed by atoms with E-state index in [-0.39, 0.29) is 28.9 Å². The van der Waals surface area contributed by atoms with Gasteiger partial charge < -0.3 is 14.6 Å². The van der Waals surface area contributed by atoms with Gasteiger partial charge in [0.05, 0.1) is 24.1 Å². The van der Waals surface area contributed by atoms with Gasteiger partial charge in [-0.3, -0.25) is 19.7 Å². The average Bonchev–Trinajstić information content (AvgIpc) is 2.79. The number of carbonyl (C=O) groups excluding carboxylic acids is 2. The highest BCUT2D eigenvalue weighted by Crippen LogP contribution is 2.18. The number of rotatable bonds is 7. The number of esters is 1. The maximum Gasteiger partial charge on any atom is 0.338 e. The molecule has 31 heavy (non-hydrogen) atoms. The summed E-state index contributed by atoms with van der Waals surface area (Å²) in [6.45, 7) is 0.608. The van der Waals surface area contributed by atoms with Crippen molar-refractivity contribution in [3.63, 3.8) is 0 Å². The summed E-state index contributed by atoms with van der Waals surface area (Å²) in [5.41, 5.74) is 1.15. The van der Waals surface area contributed by atoms with E-state index in [1.165, 1.54) is 12.1 Å². The van der Waals surface area contributed by atoms with E-state index in [9.17, 15) is 24.5 Å². The molecule has 9 nitrogen and oxygen atoms in total. The van der Waals surface area contributed by atoms with Gasteiger partial charge in [-0.1, -0.05) is 30.3 Å². The van der Waals surface area contributed by atoms with Gasteiger partial charge in [0, 0.05) is 36.5 Å². The van der Waals surface area contributed by atoms with Gasteiger partial charge in [-0.25, -0.2) is 4.79 Å². The molecule has 0 saturated carbocycles. The number of hydrogen-bond donors (Lipinski definition) is 1.